The first-order valence-corrected chi connectivity index (χ1v) is 5.25. The van der Waals surface area contributed by atoms with Gasteiger partial charge in [0.05, 0.1) is 0 Å². The van der Waals surface area contributed by atoms with E-state index in [1.54, 1.807) is 0 Å². The minimum atomic E-state index is 0.603. The molecule has 0 aromatic rings. The molecule has 1 heteroatoms. The molecule has 12 heavy (non-hydrogen) atoms. The summed E-state index contributed by atoms with van der Waals surface area (Å²) in [6.07, 6.45) is 4.28. The Labute approximate surface area is 75.9 Å². The molecule has 1 saturated carbocycles. The summed E-state index contributed by atoms with van der Waals surface area (Å²) in [7, 11) is 0. The highest BCUT2D eigenvalue weighted by Gasteiger charge is 2.49. The highest BCUT2D eigenvalue weighted by atomic mass is 14.9. The molecule has 2 rings (SSSR count). The molecule has 0 aromatic heterocycles. The van der Waals surface area contributed by atoms with Crippen LogP contribution in [0, 0.1) is 16.7 Å². The molecule has 2 atom stereocenters. The van der Waals surface area contributed by atoms with Crippen molar-refractivity contribution < 1.29 is 0 Å². The van der Waals surface area contributed by atoms with Crippen LogP contribution in [0.15, 0.2) is 0 Å². The summed E-state index contributed by atoms with van der Waals surface area (Å²) in [6, 6.07) is 0. The average molecular weight is 167 g/mol. The van der Waals surface area contributed by atoms with E-state index in [-0.39, 0.29) is 0 Å². The van der Waals surface area contributed by atoms with Crippen molar-refractivity contribution in [3.8, 4) is 0 Å². The normalized spacial score (nSPS) is 45.8. The Morgan fingerprint density at radius 2 is 2.08 bits per heavy atom. The Hall–Kier alpha value is -0.0400. The first kappa shape index (κ1) is 8.55. The van der Waals surface area contributed by atoms with Crippen molar-refractivity contribution in [3.63, 3.8) is 0 Å². The molecule has 1 aliphatic heterocycles. The number of hydrogen-bond acceptors (Lipinski definition) is 1. The Bertz CT molecular complexity index is 177. The summed E-state index contributed by atoms with van der Waals surface area (Å²) in [4.78, 5) is 0. The maximum absolute atomic E-state index is 3.52. The molecule has 0 aromatic carbocycles. The van der Waals surface area contributed by atoms with Crippen LogP contribution >= 0.6 is 0 Å². The topological polar surface area (TPSA) is 12.0 Å². The van der Waals surface area contributed by atoms with Crippen molar-refractivity contribution in [2.24, 2.45) is 16.7 Å². The minimum Gasteiger partial charge on any atom is -0.316 e. The largest absolute Gasteiger partial charge is 0.316 e. The van der Waals surface area contributed by atoms with Gasteiger partial charge in [-0.15, -0.1) is 0 Å². The van der Waals surface area contributed by atoms with Gasteiger partial charge in [0.15, 0.2) is 0 Å². The standard InChI is InChI=1S/C11H21N/c1-9-6-10(2,3)7-11(9)4-5-12-8-11/h9,12H,4-8H2,1-3H3. The Balaban J connectivity index is 2.17. The van der Waals surface area contributed by atoms with Gasteiger partial charge in [0.1, 0.15) is 0 Å². The summed E-state index contributed by atoms with van der Waals surface area (Å²) in [6.45, 7) is 9.83. The quantitative estimate of drug-likeness (QED) is 0.584. The van der Waals surface area contributed by atoms with Crippen molar-refractivity contribution in [3.05, 3.63) is 0 Å². The van der Waals surface area contributed by atoms with Crippen LogP contribution in [0.25, 0.3) is 0 Å². The fourth-order valence-corrected chi connectivity index (χ4v) is 3.58. The van der Waals surface area contributed by atoms with Gasteiger partial charge in [-0.05, 0) is 42.6 Å². The van der Waals surface area contributed by atoms with Gasteiger partial charge in [-0.25, -0.2) is 0 Å². The van der Waals surface area contributed by atoms with Crippen molar-refractivity contribution in [1.82, 2.24) is 5.32 Å². The molecular formula is C11H21N. The fourth-order valence-electron chi connectivity index (χ4n) is 3.58. The monoisotopic (exact) mass is 167 g/mol. The van der Waals surface area contributed by atoms with E-state index in [1.165, 1.54) is 32.4 Å². The van der Waals surface area contributed by atoms with Crippen LogP contribution in [-0.4, -0.2) is 13.1 Å². The van der Waals surface area contributed by atoms with E-state index >= 15 is 0 Å². The van der Waals surface area contributed by atoms with E-state index in [4.69, 9.17) is 0 Å². The van der Waals surface area contributed by atoms with Gasteiger partial charge in [-0.1, -0.05) is 20.8 Å². The molecule has 70 valence electrons. The lowest BCUT2D eigenvalue weighted by Crippen LogP contribution is -2.26. The molecule has 1 spiro atoms. The van der Waals surface area contributed by atoms with Crippen LogP contribution in [0.3, 0.4) is 0 Å². The number of rotatable bonds is 0. The molecule has 1 heterocycles. The predicted octanol–water partition coefficient (Wildman–Crippen LogP) is 2.42. The first-order valence-electron chi connectivity index (χ1n) is 5.25. The highest BCUT2D eigenvalue weighted by Crippen LogP contribution is 2.55. The summed E-state index contributed by atoms with van der Waals surface area (Å²) < 4.78 is 0. The second-order valence-corrected chi connectivity index (χ2v) is 5.74. The van der Waals surface area contributed by atoms with Gasteiger partial charge in [-0.2, -0.15) is 0 Å². The minimum absolute atomic E-state index is 0.603. The van der Waals surface area contributed by atoms with Gasteiger partial charge in [-0.3, -0.25) is 0 Å². The molecule has 1 nitrogen and oxygen atoms in total. The van der Waals surface area contributed by atoms with Crippen LogP contribution in [0.5, 0.6) is 0 Å². The van der Waals surface area contributed by atoms with Crippen molar-refractivity contribution >= 4 is 0 Å². The van der Waals surface area contributed by atoms with Gasteiger partial charge in [0, 0.05) is 6.54 Å². The second-order valence-electron chi connectivity index (χ2n) is 5.74. The number of nitrogens with one attached hydrogen (secondary N) is 1. The van der Waals surface area contributed by atoms with Gasteiger partial charge in [0.25, 0.3) is 0 Å². The molecule has 2 aliphatic rings. The summed E-state index contributed by atoms with van der Waals surface area (Å²) >= 11 is 0. The highest BCUT2D eigenvalue weighted by molar-refractivity contribution is 5.01. The smallest absolute Gasteiger partial charge is 0.00110 e. The van der Waals surface area contributed by atoms with Crippen LogP contribution in [0.2, 0.25) is 0 Å². The molecule has 1 saturated heterocycles. The molecule has 0 amide bonds. The zero-order valence-electron chi connectivity index (χ0n) is 8.61. The predicted molar refractivity (Wildman–Crippen MR) is 52.1 cm³/mol. The van der Waals surface area contributed by atoms with Gasteiger partial charge < -0.3 is 5.32 Å². The van der Waals surface area contributed by atoms with E-state index in [1.807, 2.05) is 0 Å². The van der Waals surface area contributed by atoms with Gasteiger partial charge >= 0.3 is 0 Å². The lowest BCUT2D eigenvalue weighted by atomic mass is 9.77. The third-order valence-electron chi connectivity index (χ3n) is 4.01. The molecule has 1 N–H and O–H groups in total. The third-order valence-corrected chi connectivity index (χ3v) is 4.01. The molecule has 2 unspecified atom stereocenters. The van der Waals surface area contributed by atoms with E-state index in [0.717, 1.165) is 5.92 Å². The maximum atomic E-state index is 3.52. The average Bonchev–Trinajstić information content (AvgIpc) is 2.42. The van der Waals surface area contributed by atoms with Crippen LogP contribution in [-0.2, 0) is 0 Å². The van der Waals surface area contributed by atoms with Crippen LogP contribution in [0.4, 0.5) is 0 Å². The summed E-state index contributed by atoms with van der Waals surface area (Å²) in [5, 5.41) is 3.52. The Kier molecular flexibility index (Phi) is 1.76. The lowest BCUT2D eigenvalue weighted by molar-refractivity contribution is 0.234. The van der Waals surface area contributed by atoms with Crippen LogP contribution in [0.1, 0.15) is 40.0 Å². The zero-order chi connectivity index (χ0) is 8.82. The van der Waals surface area contributed by atoms with E-state index < -0.39 is 0 Å². The second kappa shape index (κ2) is 2.47. The lowest BCUT2D eigenvalue weighted by Gasteiger charge is -2.28. The first-order chi connectivity index (χ1) is 5.54. The van der Waals surface area contributed by atoms with Crippen molar-refractivity contribution in [2.45, 2.75) is 40.0 Å². The van der Waals surface area contributed by atoms with E-state index in [0.29, 0.717) is 10.8 Å². The van der Waals surface area contributed by atoms with Crippen molar-refractivity contribution in [1.29, 1.82) is 0 Å². The fraction of sp³-hybridized carbons (Fsp3) is 1.00. The maximum Gasteiger partial charge on any atom is 0.00110 e. The molecule has 0 bridgehead atoms. The molecule has 1 aliphatic carbocycles. The number of hydrogen-bond donors (Lipinski definition) is 1. The molecule has 2 fully saturated rings. The summed E-state index contributed by atoms with van der Waals surface area (Å²) in [5.41, 5.74) is 1.27. The third kappa shape index (κ3) is 1.19. The Morgan fingerprint density at radius 3 is 2.50 bits per heavy atom. The van der Waals surface area contributed by atoms with Crippen LogP contribution < -0.4 is 5.32 Å². The molecule has 0 radical (unpaired) electrons. The SMILES string of the molecule is CC1CC(C)(C)CC12CCNC2. The molecular weight excluding hydrogens is 146 g/mol. The zero-order valence-corrected chi connectivity index (χ0v) is 8.61. The van der Waals surface area contributed by atoms with Gasteiger partial charge in [0.2, 0.25) is 0 Å². The van der Waals surface area contributed by atoms with E-state index in [2.05, 4.69) is 26.1 Å². The van der Waals surface area contributed by atoms with Crippen molar-refractivity contribution in [2.75, 3.05) is 13.1 Å². The van der Waals surface area contributed by atoms with E-state index in [9.17, 15) is 0 Å². The summed E-state index contributed by atoms with van der Waals surface area (Å²) in [5.74, 6) is 0.933. The Morgan fingerprint density at radius 1 is 1.33 bits per heavy atom.